The number of rotatable bonds is 6. The molecule has 1 heterocycles. The maximum Gasteiger partial charge on any atom is 0.226 e. The lowest BCUT2D eigenvalue weighted by Crippen LogP contribution is -2.54. The first-order valence-corrected chi connectivity index (χ1v) is 13.5. The fourth-order valence-corrected chi connectivity index (χ4v) is 8.39. The van der Waals surface area contributed by atoms with Crippen molar-refractivity contribution in [3.63, 3.8) is 0 Å². The minimum absolute atomic E-state index is 0.00441. The molecule has 170 valence electrons. The molecule has 0 radical (unpaired) electrons. The number of hydrogen-bond acceptors (Lipinski definition) is 4. The number of benzene rings is 1. The Bertz CT molecular complexity index is 902. The summed E-state index contributed by atoms with van der Waals surface area (Å²) < 4.78 is 27.3. The molecule has 0 unspecified atom stereocenters. The van der Waals surface area contributed by atoms with Crippen molar-refractivity contribution in [1.29, 1.82) is 0 Å². The first-order chi connectivity index (χ1) is 14.8. The molecular weight excluding hydrogens is 410 g/mol. The number of sulfonamides is 1. The van der Waals surface area contributed by atoms with Crippen LogP contribution in [0.5, 0.6) is 0 Å². The lowest BCUT2D eigenvalue weighted by atomic mass is 9.49. The summed E-state index contributed by atoms with van der Waals surface area (Å²) in [4.78, 5) is 15.3. The van der Waals surface area contributed by atoms with Crippen LogP contribution in [-0.2, 0) is 14.8 Å². The Labute approximate surface area is 186 Å². The van der Waals surface area contributed by atoms with E-state index in [2.05, 4.69) is 35.3 Å². The Hall–Kier alpha value is -1.60. The molecule has 0 spiro atoms. The molecule has 1 amide bonds. The SMILES string of the molecule is Cc1cccc(N2CCN(S(=O)(=O)CCNC(=O)C34CC5CC(CC(C5)C3)C4)CC2)c1. The predicted octanol–water partition coefficient (Wildman–Crippen LogP) is 2.78. The summed E-state index contributed by atoms with van der Waals surface area (Å²) in [5.74, 6) is 2.25. The molecule has 5 fully saturated rings. The molecule has 1 aliphatic heterocycles. The zero-order valence-electron chi connectivity index (χ0n) is 18.6. The number of carbonyl (C=O) groups is 1. The number of carbonyl (C=O) groups excluding carboxylic acids is 1. The van der Waals surface area contributed by atoms with Gasteiger partial charge in [-0.05, 0) is 80.9 Å². The Morgan fingerprint density at radius 2 is 1.65 bits per heavy atom. The standard InChI is InChI=1S/C24H35N3O3S/c1-18-3-2-4-22(11-18)26-6-8-27(9-7-26)31(29,30)10-5-25-23(28)24-15-19-12-20(16-24)14-21(13-19)17-24/h2-4,11,19-21H,5-10,12-17H2,1H3,(H,25,28). The van der Waals surface area contributed by atoms with Crippen LogP contribution in [0.4, 0.5) is 5.69 Å². The fraction of sp³-hybridized carbons (Fsp3) is 0.708. The third kappa shape index (κ3) is 4.23. The van der Waals surface area contributed by atoms with Crippen molar-refractivity contribution in [1.82, 2.24) is 9.62 Å². The van der Waals surface area contributed by atoms with Crippen molar-refractivity contribution in [2.45, 2.75) is 45.4 Å². The number of piperazine rings is 1. The van der Waals surface area contributed by atoms with Gasteiger partial charge in [-0.25, -0.2) is 8.42 Å². The van der Waals surface area contributed by atoms with Crippen molar-refractivity contribution in [3.8, 4) is 0 Å². The summed E-state index contributed by atoms with van der Waals surface area (Å²) in [5, 5.41) is 3.02. The van der Waals surface area contributed by atoms with E-state index in [0.29, 0.717) is 43.9 Å². The number of amides is 1. The Morgan fingerprint density at radius 1 is 1.03 bits per heavy atom. The second kappa shape index (κ2) is 8.07. The van der Waals surface area contributed by atoms with Crippen LogP contribution in [0.25, 0.3) is 0 Å². The van der Waals surface area contributed by atoms with E-state index in [4.69, 9.17) is 0 Å². The van der Waals surface area contributed by atoms with Crippen LogP contribution in [0.2, 0.25) is 0 Å². The van der Waals surface area contributed by atoms with Gasteiger partial charge in [0.15, 0.2) is 0 Å². The van der Waals surface area contributed by atoms with Crippen LogP contribution in [0.1, 0.15) is 44.1 Å². The molecule has 5 aliphatic rings. The van der Waals surface area contributed by atoms with Gasteiger partial charge in [-0.1, -0.05) is 12.1 Å². The van der Waals surface area contributed by atoms with E-state index in [1.165, 1.54) is 24.8 Å². The Kier molecular flexibility index (Phi) is 5.53. The highest BCUT2D eigenvalue weighted by Crippen LogP contribution is 2.60. The summed E-state index contributed by atoms with van der Waals surface area (Å²) in [6.07, 6.45) is 6.94. The second-order valence-electron chi connectivity index (χ2n) is 10.5. The van der Waals surface area contributed by atoms with Crippen LogP contribution in [0.15, 0.2) is 24.3 Å². The molecular formula is C24H35N3O3S. The summed E-state index contributed by atoms with van der Waals surface area (Å²) >= 11 is 0. The van der Waals surface area contributed by atoms with Crippen LogP contribution >= 0.6 is 0 Å². The summed E-state index contributed by atoms with van der Waals surface area (Å²) in [6, 6.07) is 8.34. The molecule has 4 aliphatic carbocycles. The number of anilines is 1. The van der Waals surface area contributed by atoms with E-state index < -0.39 is 10.0 Å². The first-order valence-electron chi connectivity index (χ1n) is 11.9. The van der Waals surface area contributed by atoms with E-state index in [-0.39, 0.29) is 23.6 Å². The highest BCUT2D eigenvalue weighted by molar-refractivity contribution is 7.89. The topological polar surface area (TPSA) is 69.7 Å². The average Bonchev–Trinajstić information content (AvgIpc) is 2.73. The molecule has 4 saturated carbocycles. The number of hydrogen-bond donors (Lipinski definition) is 1. The van der Waals surface area contributed by atoms with Gasteiger partial charge in [-0.2, -0.15) is 4.31 Å². The highest BCUT2D eigenvalue weighted by Gasteiger charge is 2.54. The molecule has 0 atom stereocenters. The largest absolute Gasteiger partial charge is 0.369 e. The minimum Gasteiger partial charge on any atom is -0.369 e. The molecule has 1 saturated heterocycles. The monoisotopic (exact) mass is 445 g/mol. The van der Waals surface area contributed by atoms with E-state index in [9.17, 15) is 13.2 Å². The summed E-state index contributed by atoms with van der Waals surface area (Å²) in [5.41, 5.74) is 2.15. The van der Waals surface area contributed by atoms with Gasteiger partial charge in [-0.3, -0.25) is 4.79 Å². The lowest BCUT2D eigenvalue weighted by molar-refractivity contribution is -0.146. The smallest absolute Gasteiger partial charge is 0.226 e. The third-order valence-electron chi connectivity index (χ3n) is 8.16. The van der Waals surface area contributed by atoms with Crippen LogP contribution in [-0.4, -0.2) is 57.1 Å². The van der Waals surface area contributed by atoms with Crippen molar-refractivity contribution in [3.05, 3.63) is 29.8 Å². The maximum absolute atomic E-state index is 13.1. The van der Waals surface area contributed by atoms with E-state index >= 15 is 0 Å². The normalized spacial score (nSPS) is 32.9. The first kappa shape index (κ1) is 21.3. The van der Waals surface area contributed by atoms with E-state index in [1.807, 2.05) is 6.07 Å². The van der Waals surface area contributed by atoms with Crippen LogP contribution < -0.4 is 10.2 Å². The van der Waals surface area contributed by atoms with Gasteiger partial charge in [0.25, 0.3) is 0 Å². The van der Waals surface area contributed by atoms with Gasteiger partial charge in [0.2, 0.25) is 15.9 Å². The zero-order valence-corrected chi connectivity index (χ0v) is 19.4. The van der Waals surface area contributed by atoms with Crippen molar-refractivity contribution >= 4 is 21.6 Å². The second-order valence-corrected chi connectivity index (χ2v) is 12.6. The minimum atomic E-state index is -3.36. The van der Waals surface area contributed by atoms with Gasteiger partial charge >= 0.3 is 0 Å². The van der Waals surface area contributed by atoms with Crippen molar-refractivity contribution in [2.24, 2.45) is 23.2 Å². The molecule has 7 heteroatoms. The molecule has 1 aromatic rings. The van der Waals surface area contributed by atoms with Gasteiger partial charge < -0.3 is 10.2 Å². The molecule has 31 heavy (non-hydrogen) atoms. The van der Waals surface area contributed by atoms with Crippen LogP contribution in [0.3, 0.4) is 0 Å². The van der Waals surface area contributed by atoms with Crippen molar-refractivity contribution in [2.75, 3.05) is 43.4 Å². The molecule has 6 nitrogen and oxygen atoms in total. The summed E-state index contributed by atoms with van der Waals surface area (Å²) in [7, 11) is -3.36. The molecule has 1 N–H and O–H groups in total. The zero-order chi connectivity index (χ0) is 21.6. The van der Waals surface area contributed by atoms with Crippen LogP contribution in [0, 0.1) is 30.1 Å². The molecule has 0 aromatic heterocycles. The van der Waals surface area contributed by atoms with Crippen molar-refractivity contribution < 1.29 is 13.2 Å². The molecule has 1 aromatic carbocycles. The number of nitrogens with one attached hydrogen (secondary N) is 1. The lowest BCUT2D eigenvalue weighted by Gasteiger charge is -2.55. The predicted molar refractivity (Wildman–Crippen MR) is 122 cm³/mol. The Morgan fingerprint density at radius 3 is 2.23 bits per heavy atom. The average molecular weight is 446 g/mol. The summed E-state index contributed by atoms with van der Waals surface area (Å²) in [6.45, 7) is 4.69. The third-order valence-corrected chi connectivity index (χ3v) is 10.0. The van der Waals surface area contributed by atoms with E-state index in [0.717, 1.165) is 24.9 Å². The van der Waals surface area contributed by atoms with Gasteiger partial charge in [0, 0.05) is 43.8 Å². The van der Waals surface area contributed by atoms with Gasteiger partial charge in [-0.15, -0.1) is 0 Å². The van der Waals surface area contributed by atoms with Gasteiger partial charge in [0.1, 0.15) is 0 Å². The van der Waals surface area contributed by atoms with Gasteiger partial charge in [0.05, 0.1) is 5.75 Å². The molecule has 4 bridgehead atoms. The van der Waals surface area contributed by atoms with E-state index in [1.54, 1.807) is 4.31 Å². The number of aryl methyl sites for hydroxylation is 1. The fourth-order valence-electron chi connectivity index (χ4n) is 7.05. The maximum atomic E-state index is 13.1. The quantitative estimate of drug-likeness (QED) is 0.731. The number of nitrogens with zero attached hydrogens (tertiary/aromatic N) is 2. The molecule has 6 rings (SSSR count). The highest BCUT2D eigenvalue weighted by atomic mass is 32.2. The Balaban J connectivity index is 1.12.